The van der Waals surface area contributed by atoms with Crippen molar-refractivity contribution in [1.82, 2.24) is 0 Å². The fourth-order valence-electron chi connectivity index (χ4n) is 3.20. The molecular formula is C24H27N2O2+. The molecule has 4 heteroatoms. The van der Waals surface area contributed by atoms with E-state index in [2.05, 4.69) is 31.3 Å². The van der Waals surface area contributed by atoms with Crippen LogP contribution in [0, 0.1) is 0 Å². The Morgan fingerprint density at radius 2 is 1.50 bits per heavy atom. The summed E-state index contributed by atoms with van der Waals surface area (Å²) >= 11 is 0. The van der Waals surface area contributed by atoms with E-state index in [1.54, 1.807) is 0 Å². The molecule has 1 heterocycles. The second-order valence-corrected chi connectivity index (χ2v) is 6.80. The van der Waals surface area contributed by atoms with Crippen molar-refractivity contribution in [3.05, 3.63) is 84.7 Å². The largest absolute Gasteiger partial charge is 0.457 e. The molecule has 0 bridgehead atoms. The minimum absolute atomic E-state index is 0.0583. The van der Waals surface area contributed by atoms with Crippen LogP contribution in [0.4, 0.5) is 5.69 Å². The molecule has 0 aliphatic carbocycles. The summed E-state index contributed by atoms with van der Waals surface area (Å²) in [5.74, 6) is 2.04. The van der Waals surface area contributed by atoms with Gasteiger partial charge in [-0.15, -0.1) is 0 Å². The first-order valence-electron chi connectivity index (χ1n) is 9.79. The average Bonchev–Trinajstić information content (AvgIpc) is 2.72. The summed E-state index contributed by atoms with van der Waals surface area (Å²) in [6, 6.07) is 21.2. The van der Waals surface area contributed by atoms with Crippen LogP contribution in [0.3, 0.4) is 0 Å². The fraction of sp³-hybridized carbons (Fsp3) is 0.250. The van der Waals surface area contributed by atoms with Gasteiger partial charge in [0.05, 0.1) is 0 Å². The fourth-order valence-corrected chi connectivity index (χ4v) is 3.20. The van der Waals surface area contributed by atoms with Gasteiger partial charge in [0, 0.05) is 17.8 Å². The number of rotatable bonds is 8. The summed E-state index contributed by atoms with van der Waals surface area (Å²) in [6.45, 7) is 4.70. The van der Waals surface area contributed by atoms with E-state index in [1.807, 2.05) is 71.6 Å². The number of hydrogen-bond acceptors (Lipinski definition) is 2. The quantitative estimate of drug-likeness (QED) is 0.542. The van der Waals surface area contributed by atoms with E-state index in [9.17, 15) is 4.79 Å². The molecule has 0 aliphatic heterocycles. The molecule has 0 saturated carbocycles. The zero-order valence-corrected chi connectivity index (χ0v) is 16.5. The molecule has 4 nitrogen and oxygen atoms in total. The lowest BCUT2D eigenvalue weighted by molar-refractivity contribution is -0.684. The molecule has 1 N–H and O–H groups in total. The van der Waals surface area contributed by atoms with Gasteiger partial charge in [0.2, 0.25) is 6.54 Å². The highest BCUT2D eigenvalue weighted by Crippen LogP contribution is 2.23. The van der Waals surface area contributed by atoms with Crippen molar-refractivity contribution in [2.24, 2.45) is 0 Å². The van der Waals surface area contributed by atoms with E-state index >= 15 is 0 Å². The molecule has 0 fully saturated rings. The molecule has 0 aliphatic rings. The zero-order chi connectivity index (χ0) is 19.8. The number of nitrogens with one attached hydrogen (secondary N) is 1. The van der Waals surface area contributed by atoms with Gasteiger partial charge in [-0.3, -0.25) is 4.79 Å². The summed E-state index contributed by atoms with van der Waals surface area (Å²) in [6.07, 6.45) is 6.21. The van der Waals surface area contributed by atoms with Crippen molar-refractivity contribution in [3.8, 4) is 11.5 Å². The maximum Gasteiger partial charge on any atom is 0.290 e. The highest BCUT2D eigenvalue weighted by molar-refractivity contribution is 5.89. The molecule has 0 unspecified atom stereocenters. The molecule has 0 saturated heterocycles. The van der Waals surface area contributed by atoms with Crippen LogP contribution >= 0.6 is 0 Å². The van der Waals surface area contributed by atoms with E-state index in [-0.39, 0.29) is 12.5 Å². The first-order chi connectivity index (χ1) is 13.7. The van der Waals surface area contributed by atoms with Crippen molar-refractivity contribution >= 4 is 11.6 Å². The van der Waals surface area contributed by atoms with E-state index < -0.39 is 0 Å². The molecule has 1 aromatic heterocycles. The SMILES string of the molecule is CCC(CC)c1cc[n+](CC(=O)Nc2ccc(Oc3ccccc3)cc2)cc1. The Kier molecular flexibility index (Phi) is 6.79. The molecule has 0 radical (unpaired) electrons. The van der Waals surface area contributed by atoms with Crippen molar-refractivity contribution in [1.29, 1.82) is 0 Å². The number of carbonyl (C=O) groups excluding carboxylic acids is 1. The number of benzene rings is 2. The standard InChI is InChI=1S/C24H26N2O2/c1-3-19(4-2)20-14-16-26(17-15-20)18-24(27)25-21-10-12-23(13-11-21)28-22-8-6-5-7-9-22/h5-17,19H,3-4,18H2,1-2H3/p+1. The minimum Gasteiger partial charge on any atom is -0.457 e. The van der Waals surface area contributed by atoms with Crippen molar-refractivity contribution in [2.45, 2.75) is 39.2 Å². The summed E-state index contributed by atoms with van der Waals surface area (Å²) in [7, 11) is 0. The van der Waals surface area contributed by atoms with Crippen LogP contribution in [-0.2, 0) is 11.3 Å². The lowest BCUT2D eigenvalue weighted by atomic mass is 9.95. The minimum atomic E-state index is -0.0583. The van der Waals surface area contributed by atoms with Gasteiger partial charge >= 0.3 is 0 Å². The van der Waals surface area contributed by atoms with Crippen LogP contribution < -0.4 is 14.6 Å². The average molecular weight is 375 g/mol. The van der Waals surface area contributed by atoms with E-state index in [4.69, 9.17) is 4.74 Å². The van der Waals surface area contributed by atoms with Gasteiger partial charge in [-0.25, -0.2) is 0 Å². The number of nitrogens with zero attached hydrogens (tertiary/aromatic N) is 1. The number of ether oxygens (including phenoxy) is 1. The monoisotopic (exact) mass is 375 g/mol. The number of carbonyl (C=O) groups is 1. The van der Waals surface area contributed by atoms with Crippen molar-refractivity contribution in [3.63, 3.8) is 0 Å². The normalized spacial score (nSPS) is 10.7. The van der Waals surface area contributed by atoms with Crippen molar-refractivity contribution < 1.29 is 14.1 Å². The summed E-state index contributed by atoms with van der Waals surface area (Å²) in [5.41, 5.74) is 2.08. The molecule has 0 spiro atoms. The van der Waals surface area contributed by atoms with Gasteiger partial charge in [-0.2, -0.15) is 4.57 Å². The predicted molar refractivity (Wildman–Crippen MR) is 112 cm³/mol. The second-order valence-electron chi connectivity index (χ2n) is 6.80. The Labute approximate surface area is 166 Å². The Morgan fingerprint density at radius 3 is 2.11 bits per heavy atom. The van der Waals surface area contributed by atoms with E-state index in [0.717, 1.165) is 30.0 Å². The van der Waals surface area contributed by atoms with Gasteiger partial charge in [-0.1, -0.05) is 32.0 Å². The van der Waals surface area contributed by atoms with Crippen molar-refractivity contribution in [2.75, 3.05) is 5.32 Å². The Hall–Kier alpha value is -3.14. The molecule has 2 aromatic carbocycles. The number of anilines is 1. The Bertz CT molecular complexity index is 871. The summed E-state index contributed by atoms with van der Waals surface area (Å²) < 4.78 is 7.66. The van der Waals surface area contributed by atoms with E-state index in [0.29, 0.717) is 5.92 Å². The molecule has 1 amide bonds. The smallest absolute Gasteiger partial charge is 0.290 e. The third kappa shape index (κ3) is 5.43. The first-order valence-corrected chi connectivity index (χ1v) is 9.79. The second kappa shape index (κ2) is 9.70. The number of aromatic nitrogens is 1. The zero-order valence-electron chi connectivity index (χ0n) is 16.5. The topological polar surface area (TPSA) is 42.2 Å². The lowest BCUT2D eigenvalue weighted by Crippen LogP contribution is -2.39. The molecule has 3 rings (SSSR count). The van der Waals surface area contributed by atoms with Crippen LogP contribution in [0.25, 0.3) is 0 Å². The van der Waals surface area contributed by atoms with Gasteiger partial charge in [0.25, 0.3) is 5.91 Å². The van der Waals surface area contributed by atoms with Crippen LogP contribution in [0.2, 0.25) is 0 Å². The van der Waals surface area contributed by atoms with Crippen LogP contribution in [-0.4, -0.2) is 5.91 Å². The van der Waals surface area contributed by atoms with Crippen LogP contribution in [0.5, 0.6) is 11.5 Å². The highest BCUT2D eigenvalue weighted by atomic mass is 16.5. The van der Waals surface area contributed by atoms with Gasteiger partial charge < -0.3 is 10.1 Å². The number of amides is 1. The Balaban J connectivity index is 1.54. The molecule has 3 aromatic rings. The summed E-state index contributed by atoms with van der Waals surface area (Å²) in [4.78, 5) is 12.3. The van der Waals surface area contributed by atoms with Crippen LogP contribution in [0.1, 0.15) is 38.2 Å². The maximum absolute atomic E-state index is 12.3. The summed E-state index contributed by atoms with van der Waals surface area (Å²) in [5, 5.41) is 2.93. The third-order valence-electron chi connectivity index (χ3n) is 4.82. The maximum atomic E-state index is 12.3. The van der Waals surface area contributed by atoms with Gasteiger partial charge in [-0.05, 0) is 60.7 Å². The molecule has 28 heavy (non-hydrogen) atoms. The third-order valence-corrected chi connectivity index (χ3v) is 4.82. The molecule has 0 atom stereocenters. The highest BCUT2D eigenvalue weighted by Gasteiger charge is 2.12. The molecule has 144 valence electrons. The number of para-hydroxylation sites is 1. The van der Waals surface area contributed by atoms with Gasteiger partial charge in [0.1, 0.15) is 11.5 Å². The predicted octanol–water partition coefficient (Wildman–Crippen LogP) is 5.31. The Morgan fingerprint density at radius 1 is 0.893 bits per heavy atom. The number of pyridine rings is 1. The first kappa shape index (κ1) is 19.6. The van der Waals surface area contributed by atoms with E-state index in [1.165, 1.54) is 5.56 Å². The van der Waals surface area contributed by atoms with Crippen LogP contribution in [0.15, 0.2) is 79.1 Å². The lowest BCUT2D eigenvalue weighted by Gasteiger charge is -2.11. The number of hydrogen-bond donors (Lipinski definition) is 1. The molecular weight excluding hydrogens is 348 g/mol. The van der Waals surface area contributed by atoms with Gasteiger partial charge in [0.15, 0.2) is 12.4 Å².